The maximum Gasteiger partial charge on any atom is 0.310 e. The second-order valence-electron chi connectivity index (χ2n) is 31.7. The molecular formula is C87H96O39. The maximum atomic E-state index is 13.7. The van der Waals surface area contributed by atoms with E-state index in [4.69, 9.17) is 150 Å². The Kier molecular flexibility index (Phi) is 18.0. The molecular weight excluding hydrogens is 1670 g/mol. The van der Waals surface area contributed by atoms with Crippen molar-refractivity contribution in [3.63, 3.8) is 0 Å². The maximum absolute atomic E-state index is 13.7. The van der Waals surface area contributed by atoms with Crippen LogP contribution in [0.3, 0.4) is 0 Å². The predicted octanol–water partition coefficient (Wildman–Crippen LogP) is 4.02. The predicted molar refractivity (Wildman–Crippen MR) is 415 cm³/mol. The van der Waals surface area contributed by atoms with Crippen LogP contribution >= 0.6 is 0 Å². The molecule has 3 aliphatic carbocycles. The molecule has 678 valence electrons. The second-order valence-corrected chi connectivity index (χ2v) is 31.7. The third-order valence-corrected chi connectivity index (χ3v) is 24.8. The summed E-state index contributed by atoms with van der Waals surface area (Å²) in [6.45, 7) is -1.21. The molecule has 21 rings (SSSR count). The summed E-state index contributed by atoms with van der Waals surface area (Å²) in [5.41, 5.74) is 1.04. The van der Waals surface area contributed by atoms with Crippen molar-refractivity contribution in [2.24, 2.45) is 35.5 Å². The number of carbonyl (C=O) groups is 3. The number of aliphatic hydroxyl groups is 6. The largest absolute Gasteiger partial charge is 0.502 e. The summed E-state index contributed by atoms with van der Waals surface area (Å²) in [6, 6.07) is 15.9. The molecule has 39 heteroatoms. The summed E-state index contributed by atoms with van der Waals surface area (Å²) in [6.07, 6.45) is -25.1. The van der Waals surface area contributed by atoms with Gasteiger partial charge in [-0.3, -0.25) is 14.4 Å². The van der Waals surface area contributed by atoms with E-state index in [2.05, 4.69) is 0 Å². The lowest BCUT2D eigenvalue weighted by atomic mass is 9.66. The quantitative estimate of drug-likeness (QED) is 0.0518. The zero-order chi connectivity index (χ0) is 103. The molecule has 39 nitrogen and oxygen atoms in total. The Labute approximate surface area is 743 Å². The van der Waals surface area contributed by atoms with Crippen LogP contribution in [0.5, 0.6) is 86.2 Å². The highest BCUT2D eigenvalue weighted by Crippen LogP contribution is 2.62. The van der Waals surface area contributed by atoms with Gasteiger partial charge in [-0.15, -0.1) is 0 Å². The molecule has 9 fully saturated rings. The van der Waals surface area contributed by atoms with Gasteiger partial charge in [0.25, 0.3) is 0 Å². The van der Waals surface area contributed by atoms with Crippen molar-refractivity contribution in [1.29, 1.82) is 0 Å². The molecule has 126 heavy (non-hydrogen) atoms. The number of aromatic hydroxyl groups is 3. The van der Waals surface area contributed by atoms with Crippen molar-refractivity contribution in [1.82, 2.24) is 0 Å². The monoisotopic (exact) mass is 1780 g/mol. The Balaban J connectivity index is 0.000000137. The second kappa shape index (κ2) is 34.2. The van der Waals surface area contributed by atoms with Crippen LogP contribution in [-0.2, 0) is 85.4 Å². The Hall–Kier alpha value is -9.99. The number of cyclic esters (lactones) is 3. The fourth-order valence-corrected chi connectivity index (χ4v) is 18.9. The summed E-state index contributed by atoms with van der Waals surface area (Å²) < 4.78 is 297. The number of benzene rings is 6. The number of methoxy groups -OCH3 is 6. The molecule has 15 aliphatic rings. The molecule has 12 heterocycles. The molecule has 6 aromatic rings. The van der Waals surface area contributed by atoms with Crippen LogP contribution < -0.4 is 56.8 Å². The van der Waals surface area contributed by atoms with Crippen molar-refractivity contribution >= 4 is 17.9 Å². The van der Waals surface area contributed by atoms with Gasteiger partial charge in [0.2, 0.25) is 37.6 Å². The van der Waals surface area contributed by atoms with Gasteiger partial charge < -0.3 is 174 Å². The first-order valence-corrected chi connectivity index (χ1v) is 39.9. The number of hydrogen-bond acceptors (Lipinski definition) is 39. The van der Waals surface area contributed by atoms with E-state index in [0.29, 0.717) is 0 Å². The Morgan fingerprint density at radius 3 is 1.02 bits per heavy atom. The molecule has 0 aromatic heterocycles. The first-order chi connectivity index (χ1) is 67.6. The Morgan fingerprint density at radius 2 is 0.651 bits per heavy atom. The van der Waals surface area contributed by atoms with Gasteiger partial charge in [0.05, 0.1) is 140 Å². The summed E-state index contributed by atoms with van der Waals surface area (Å²) in [4.78, 5) is 41.0. The molecule has 30 atom stereocenters. The van der Waals surface area contributed by atoms with E-state index in [1.54, 1.807) is 20.8 Å². The summed E-state index contributed by atoms with van der Waals surface area (Å²) in [5.74, 6) is -20.6. The van der Waals surface area contributed by atoms with Crippen molar-refractivity contribution < 1.29 is 213 Å². The zero-order valence-corrected chi connectivity index (χ0v) is 66.8. The first-order valence-electron chi connectivity index (χ1n) is 48.9. The third-order valence-electron chi connectivity index (χ3n) is 24.8. The third kappa shape index (κ3) is 14.8. The SMILES string of the molecule is [2H]C([2H])([2H])Oc1cc([C@@H]2c3cc4c(cc3[C@@H](O[C@@H]3O[C@@H]5CO[C@@H](C)O[C@H]5[C@H](O)[C@H]3O)[C@@H]3[C@@H]2C(=O)OC3([2H])[2H])OCO4)cc(OC([2H])([2H])[2H])c1O.[2H]C([2H])([2H])Oc1cc([C@]2([2H])c3cc4c(cc3[C@@H](O[C@@H]3O[C@@H]5CO[C@@H](C)O[C@H]5[C@H](O)[C@H]3O)[C@H]3COC(=O)[C@@H]32)OCO4)cc(OC([2H])([2H])[2H])c1O.[2H]C1([2H])OC(=O)[C@H]2[C@H]1[C@H](O[C@@H]1O[C@@H]3CO[C@@H](C)O[C@H]3[C@H](O)[C@H]1O)c1cc3c(cc1[C@@]2([2H])c1cc(OC)c(O)c(OC)c1)OCO3. The van der Waals surface area contributed by atoms with E-state index in [1.807, 2.05) is 0 Å². The van der Waals surface area contributed by atoms with Crippen molar-refractivity contribution in [3.8, 4) is 86.2 Å². The minimum Gasteiger partial charge on any atom is -0.502 e. The molecule has 12 aliphatic heterocycles. The lowest BCUT2D eigenvalue weighted by Gasteiger charge is -2.47. The first kappa shape index (κ1) is 66.4. The number of esters is 3. The highest BCUT2D eigenvalue weighted by molar-refractivity contribution is 5.81. The van der Waals surface area contributed by atoms with Crippen molar-refractivity contribution in [3.05, 3.63) is 123 Å². The smallest absolute Gasteiger partial charge is 0.310 e. The van der Waals surface area contributed by atoms with Gasteiger partial charge in [-0.25, -0.2) is 0 Å². The van der Waals surface area contributed by atoms with Gasteiger partial charge in [-0.1, -0.05) is 0 Å². The van der Waals surface area contributed by atoms with E-state index in [-0.39, 0.29) is 149 Å². The Morgan fingerprint density at radius 1 is 0.349 bits per heavy atom. The van der Waals surface area contributed by atoms with Crippen LogP contribution in [0.1, 0.15) is 132 Å². The van der Waals surface area contributed by atoms with Crippen LogP contribution in [0, 0.1) is 35.5 Å². The number of fused-ring (bicyclic) bond motifs is 12. The zero-order valence-electron chi connectivity index (χ0n) is 84.8. The van der Waals surface area contributed by atoms with Gasteiger partial charge in [0, 0.05) is 38.2 Å². The highest BCUT2D eigenvalue weighted by Gasteiger charge is 2.61. The van der Waals surface area contributed by atoms with E-state index in [0.717, 1.165) is 24.3 Å². The molecule has 0 spiro atoms. The number of aliphatic hydroxyl groups excluding tert-OH is 6. The molecule has 9 saturated heterocycles. The molecule has 0 bridgehead atoms. The fraction of sp³-hybridized carbons (Fsp3) is 0.552. The standard InChI is InChI=1S/3C29H32O13/c3*1-11-36-9-20-27(40-11)24(31)25(32)29(41-20)42-26-14-7-17-16(38-10-39-17)6-13(14)21(22-15(26)8-37-28(22)33)12-4-18(34-2)23(30)19(5-12)35-3/h3*4-7,11,15,20-22,24-27,29-32H,8-10H2,1-3H3/t3*11-,15+,20-,21-,22+,24-,25-,26-,27-,29+/m111/s1/i2D3,3D3,21D;2D3,3D3,8D2;8D2,21D. The number of rotatable bonds is 15. The van der Waals surface area contributed by atoms with Gasteiger partial charge in [0.15, 0.2) is 107 Å². The summed E-state index contributed by atoms with van der Waals surface area (Å²) in [7, 11) is -9.85. The minimum atomic E-state index is -3.12. The average Bonchev–Trinajstić information content (AvgIpc) is 1.49. The number of carbonyl (C=O) groups excluding carboxylic acids is 3. The summed E-state index contributed by atoms with van der Waals surface area (Å²) in [5, 5.41) is 98.4. The summed E-state index contributed by atoms with van der Waals surface area (Å²) >= 11 is 0. The number of phenolic OH excluding ortho intramolecular Hbond substituents is 3. The normalized spacial score (nSPS) is 40.9. The topological polar surface area (TPSA) is 482 Å². The molecule has 0 amide bonds. The van der Waals surface area contributed by atoms with Crippen LogP contribution in [0.2, 0.25) is 0 Å². The van der Waals surface area contributed by atoms with Gasteiger partial charge in [-0.2, -0.15) is 0 Å². The van der Waals surface area contributed by atoms with Crippen LogP contribution in [0.15, 0.2) is 72.8 Å². The van der Waals surface area contributed by atoms with Crippen molar-refractivity contribution in [2.75, 3.05) is 102 Å². The lowest BCUT2D eigenvalue weighted by Crippen LogP contribution is -2.63. The van der Waals surface area contributed by atoms with E-state index >= 15 is 0 Å². The van der Waals surface area contributed by atoms with E-state index < -0.39 is 276 Å². The Bertz CT molecular complexity index is 5830. The number of phenols is 3. The molecule has 0 unspecified atom stereocenters. The van der Waals surface area contributed by atoms with Gasteiger partial charge >= 0.3 is 17.9 Å². The molecule has 0 radical (unpaired) electrons. The average molecular weight is 1780 g/mol. The van der Waals surface area contributed by atoms with Crippen LogP contribution in [0.25, 0.3) is 0 Å². The fourth-order valence-electron chi connectivity index (χ4n) is 18.9. The van der Waals surface area contributed by atoms with E-state index in [1.165, 1.54) is 62.8 Å². The highest BCUT2D eigenvalue weighted by atomic mass is 16.8. The van der Waals surface area contributed by atoms with Crippen LogP contribution in [0.4, 0.5) is 0 Å². The van der Waals surface area contributed by atoms with Gasteiger partial charge in [0.1, 0.15) is 73.2 Å². The minimum absolute atomic E-state index is 0.0197. The van der Waals surface area contributed by atoms with Crippen molar-refractivity contribution in [2.45, 2.75) is 168 Å². The number of hydrogen-bond donors (Lipinski definition) is 9. The molecule has 9 N–H and O–H groups in total. The molecule has 0 saturated carbocycles. The molecule has 6 aromatic carbocycles. The van der Waals surface area contributed by atoms with Crippen LogP contribution in [-0.4, -0.2) is 277 Å². The van der Waals surface area contributed by atoms with E-state index in [9.17, 15) is 63.1 Å². The van der Waals surface area contributed by atoms with Gasteiger partial charge in [-0.05, 0) is 144 Å². The number of ether oxygens (including phenoxy) is 27. The lowest BCUT2D eigenvalue weighted by molar-refractivity contribution is -0.364.